The lowest BCUT2D eigenvalue weighted by atomic mass is 10.1. The average molecular weight is 290 g/mol. The van der Waals surface area contributed by atoms with Crippen LogP contribution in [-0.2, 0) is 6.18 Å². The number of nitrogens with two attached hydrogens (primary N) is 1. The number of thiocarbonyl (C=S) groups is 1. The van der Waals surface area contributed by atoms with Crippen LogP contribution in [0.4, 0.5) is 13.2 Å². The van der Waals surface area contributed by atoms with Gasteiger partial charge in [-0.3, -0.25) is 4.79 Å². The SMILES string of the molecule is NC(=S)CCCNC(=O)c1ccc(C(F)(F)F)cc1. The smallest absolute Gasteiger partial charge is 0.393 e. The zero-order valence-corrected chi connectivity index (χ0v) is 10.8. The molecule has 0 atom stereocenters. The minimum Gasteiger partial charge on any atom is -0.393 e. The summed E-state index contributed by atoms with van der Waals surface area (Å²) in [5.41, 5.74) is 4.69. The van der Waals surface area contributed by atoms with Crippen LogP contribution in [0.3, 0.4) is 0 Å². The summed E-state index contributed by atoms with van der Waals surface area (Å²) in [5.74, 6) is -0.420. The molecular formula is C12H13F3N2OS. The van der Waals surface area contributed by atoms with Crippen molar-refractivity contribution >= 4 is 23.1 Å². The predicted octanol–water partition coefficient (Wildman–Crippen LogP) is 2.50. The van der Waals surface area contributed by atoms with Gasteiger partial charge in [-0.1, -0.05) is 12.2 Å². The van der Waals surface area contributed by atoms with Crippen molar-refractivity contribution in [1.82, 2.24) is 5.32 Å². The van der Waals surface area contributed by atoms with Crippen molar-refractivity contribution in [2.75, 3.05) is 6.54 Å². The van der Waals surface area contributed by atoms with Gasteiger partial charge in [-0.05, 0) is 37.1 Å². The molecule has 0 aliphatic heterocycles. The number of carbonyl (C=O) groups excluding carboxylic acids is 1. The third-order valence-electron chi connectivity index (χ3n) is 2.36. The van der Waals surface area contributed by atoms with E-state index in [4.69, 9.17) is 5.73 Å². The van der Waals surface area contributed by atoms with E-state index in [0.717, 1.165) is 24.3 Å². The van der Waals surface area contributed by atoms with Gasteiger partial charge < -0.3 is 11.1 Å². The number of hydrogen-bond acceptors (Lipinski definition) is 2. The molecule has 0 saturated heterocycles. The molecule has 0 bridgehead atoms. The summed E-state index contributed by atoms with van der Waals surface area (Å²) in [6.07, 6.45) is -3.28. The lowest BCUT2D eigenvalue weighted by Crippen LogP contribution is -2.25. The monoisotopic (exact) mass is 290 g/mol. The number of alkyl halides is 3. The van der Waals surface area contributed by atoms with Crippen LogP contribution < -0.4 is 11.1 Å². The number of hydrogen-bond donors (Lipinski definition) is 2. The summed E-state index contributed by atoms with van der Waals surface area (Å²) >= 11 is 4.68. The van der Waals surface area contributed by atoms with Crippen molar-refractivity contribution in [3.05, 3.63) is 35.4 Å². The van der Waals surface area contributed by atoms with Gasteiger partial charge in [0.15, 0.2) is 0 Å². The molecule has 0 aromatic heterocycles. The third-order valence-corrected chi connectivity index (χ3v) is 2.56. The summed E-state index contributed by atoms with van der Waals surface area (Å²) in [7, 11) is 0. The minimum absolute atomic E-state index is 0.184. The molecule has 0 radical (unpaired) electrons. The molecule has 7 heteroatoms. The molecule has 1 rings (SSSR count). The molecule has 0 aliphatic carbocycles. The zero-order valence-electron chi connectivity index (χ0n) is 9.96. The van der Waals surface area contributed by atoms with Crippen LogP contribution in [0.25, 0.3) is 0 Å². The van der Waals surface area contributed by atoms with Crippen LogP contribution in [0.5, 0.6) is 0 Å². The normalized spacial score (nSPS) is 11.1. The molecule has 104 valence electrons. The van der Waals surface area contributed by atoms with Crippen molar-refractivity contribution in [2.24, 2.45) is 5.73 Å². The van der Waals surface area contributed by atoms with E-state index in [-0.39, 0.29) is 5.56 Å². The van der Waals surface area contributed by atoms with Gasteiger partial charge in [0, 0.05) is 12.1 Å². The number of rotatable bonds is 5. The first-order chi connectivity index (χ1) is 8.80. The fourth-order valence-electron chi connectivity index (χ4n) is 1.38. The molecule has 0 fully saturated rings. The molecular weight excluding hydrogens is 277 g/mol. The predicted molar refractivity (Wildman–Crippen MR) is 69.8 cm³/mol. The van der Waals surface area contributed by atoms with Gasteiger partial charge in [-0.15, -0.1) is 0 Å². The standard InChI is InChI=1S/C12H13F3N2OS/c13-12(14,15)9-5-3-8(4-6-9)11(18)17-7-1-2-10(16)19/h3-6H,1-2,7H2,(H2,16,19)(H,17,18). The summed E-state index contributed by atoms with van der Waals surface area (Å²) in [6, 6.07) is 4.05. The highest BCUT2D eigenvalue weighted by Gasteiger charge is 2.30. The van der Waals surface area contributed by atoms with Gasteiger partial charge >= 0.3 is 6.18 Å². The second-order valence-corrected chi connectivity index (χ2v) is 4.43. The number of amides is 1. The van der Waals surface area contributed by atoms with Gasteiger partial charge in [-0.2, -0.15) is 13.2 Å². The Morgan fingerprint density at radius 3 is 2.32 bits per heavy atom. The Labute approximate surface area is 114 Å². The minimum atomic E-state index is -4.40. The molecule has 1 aromatic carbocycles. The quantitative estimate of drug-likeness (QED) is 0.647. The Bertz CT molecular complexity index is 457. The fraction of sp³-hybridized carbons (Fsp3) is 0.333. The highest BCUT2D eigenvalue weighted by atomic mass is 32.1. The summed E-state index contributed by atoms with van der Waals surface area (Å²) < 4.78 is 37.0. The van der Waals surface area contributed by atoms with Crippen molar-refractivity contribution in [3.8, 4) is 0 Å². The van der Waals surface area contributed by atoms with Crippen LogP contribution in [0.2, 0.25) is 0 Å². The molecule has 0 heterocycles. The zero-order chi connectivity index (χ0) is 14.5. The van der Waals surface area contributed by atoms with Crippen LogP contribution in [0.15, 0.2) is 24.3 Å². The van der Waals surface area contributed by atoms with Crippen LogP contribution in [0, 0.1) is 0 Å². The van der Waals surface area contributed by atoms with E-state index in [1.807, 2.05) is 0 Å². The molecule has 0 saturated carbocycles. The number of halogens is 3. The van der Waals surface area contributed by atoms with Gasteiger partial charge in [0.25, 0.3) is 5.91 Å². The summed E-state index contributed by atoms with van der Waals surface area (Å²) in [4.78, 5) is 12.0. The number of benzene rings is 1. The Morgan fingerprint density at radius 1 is 1.26 bits per heavy atom. The Hall–Kier alpha value is -1.63. The number of nitrogens with one attached hydrogen (secondary N) is 1. The molecule has 19 heavy (non-hydrogen) atoms. The lowest BCUT2D eigenvalue weighted by Gasteiger charge is -2.08. The molecule has 1 aromatic rings. The average Bonchev–Trinajstić information content (AvgIpc) is 2.33. The fourth-order valence-corrected chi connectivity index (χ4v) is 1.52. The van der Waals surface area contributed by atoms with Crippen LogP contribution in [0.1, 0.15) is 28.8 Å². The lowest BCUT2D eigenvalue weighted by molar-refractivity contribution is -0.137. The second kappa shape index (κ2) is 6.51. The van der Waals surface area contributed by atoms with E-state index < -0.39 is 17.6 Å². The second-order valence-electron chi connectivity index (χ2n) is 3.90. The van der Waals surface area contributed by atoms with E-state index >= 15 is 0 Å². The molecule has 1 amide bonds. The highest BCUT2D eigenvalue weighted by Crippen LogP contribution is 2.28. The summed E-state index contributed by atoms with van der Waals surface area (Å²) in [6.45, 7) is 0.372. The molecule has 3 N–H and O–H groups in total. The van der Waals surface area contributed by atoms with E-state index in [1.165, 1.54) is 0 Å². The first kappa shape index (κ1) is 15.4. The number of carbonyl (C=O) groups is 1. The maximum Gasteiger partial charge on any atom is 0.416 e. The maximum atomic E-state index is 12.3. The Kier molecular flexibility index (Phi) is 5.29. The maximum absolute atomic E-state index is 12.3. The summed E-state index contributed by atoms with van der Waals surface area (Å²) in [5, 5.41) is 2.58. The van der Waals surface area contributed by atoms with E-state index in [2.05, 4.69) is 17.5 Å². The molecule has 3 nitrogen and oxygen atoms in total. The third kappa shape index (κ3) is 5.25. The Balaban J connectivity index is 2.52. The van der Waals surface area contributed by atoms with Crippen molar-refractivity contribution in [1.29, 1.82) is 0 Å². The van der Waals surface area contributed by atoms with Crippen LogP contribution in [-0.4, -0.2) is 17.4 Å². The first-order valence-electron chi connectivity index (χ1n) is 5.54. The van der Waals surface area contributed by atoms with Crippen molar-refractivity contribution in [2.45, 2.75) is 19.0 Å². The Morgan fingerprint density at radius 2 is 1.84 bits per heavy atom. The molecule has 0 aliphatic rings. The highest BCUT2D eigenvalue weighted by molar-refractivity contribution is 7.80. The van der Waals surface area contributed by atoms with Gasteiger partial charge in [0.1, 0.15) is 0 Å². The van der Waals surface area contributed by atoms with Gasteiger partial charge in [0.05, 0.1) is 10.6 Å². The van der Waals surface area contributed by atoms with Crippen molar-refractivity contribution < 1.29 is 18.0 Å². The topological polar surface area (TPSA) is 55.1 Å². The molecule has 0 unspecified atom stereocenters. The van der Waals surface area contributed by atoms with Crippen molar-refractivity contribution in [3.63, 3.8) is 0 Å². The first-order valence-corrected chi connectivity index (χ1v) is 5.95. The van der Waals surface area contributed by atoms with Gasteiger partial charge in [-0.25, -0.2) is 0 Å². The van der Waals surface area contributed by atoms with E-state index in [9.17, 15) is 18.0 Å². The van der Waals surface area contributed by atoms with E-state index in [0.29, 0.717) is 24.4 Å². The van der Waals surface area contributed by atoms with E-state index in [1.54, 1.807) is 0 Å². The van der Waals surface area contributed by atoms with Crippen LogP contribution >= 0.6 is 12.2 Å². The molecule has 0 spiro atoms. The largest absolute Gasteiger partial charge is 0.416 e. The van der Waals surface area contributed by atoms with Gasteiger partial charge in [0.2, 0.25) is 0 Å².